The summed E-state index contributed by atoms with van der Waals surface area (Å²) >= 11 is 0. The molecule has 0 saturated heterocycles. The van der Waals surface area contributed by atoms with Crippen molar-refractivity contribution in [2.24, 2.45) is 0 Å². The maximum atomic E-state index is 12.8. The molecular weight excluding hydrogens is 362 g/mol. The maximum absolute atomic E-state index is 12.8. The number of nitrogens with zero attached hydrogens (tertiary/aromatic N) is 1. The Bertz CT molecular complexity index is 861. The minimum atomic E-state index is -3.53. The number of urea groups is 1. The SMILES string of the molecule is CN(C1CCCCC1)S(=O)(=O)c1ccc(NC(=O)Nc2ccccc2)cc1. The summed E-state index contributed by atoms with van der Waals surface area (Å²) in [5.41, 5.74) is 1.21. The third-order valence-corrected chi connectivity index (χ3v) is 6.83. The molecule has 3 rings (SSSR count). The minimum absolute atomic E-state index is 0.0678. The number of hydrogen-bond acceptors (Lipinski definition) is 3. The van der Waals surface area contributed by atoms with Crippen molar-refractivity contribution in [2.75, 3.05) is 17.7 Å². The van der Waals surface area contributed by atoms with Gasteiger partial charge in [0.15, 0.2) is 0 Å². The third-order valence-electron chi connectivity index (χ3n) is 4.91. The summed E-state index contributed by atoms with van der Waals surface area (Å²) in [5.74, 6) is 0. The zero-order chi connectivity index (χ0) is 19.3. The zero-order valence-electron chi connectivity index (χ0n) is 15.4. The molecule has 0 aromatic heterocycles. The fourth-order valence-electron chi connectivity index (χ4n) is 3.33. The average molecular weight is 388 g/mol. The van der Waals surface area contributed by atoms with E-state index in [0.29, 0.717) is 11.4 Å². The molecule has 0 unspecified atom stereocenters. The quantitative estimate of drug-likeness (QED) is 0.803. The van der Waals surface area contributed by atoms with Crippen LogP contribution in [0.5, 0.6) is 0 Å². The lowest BCUT2D eigenvalue weighted by molar-refractivity contribution is 0.262. The van der Waals surface area contributed by atoms with Crippen LogP contribution < -0.4 is 10.6 Å². The number of amides is 2. The Hall–Kier alpha value is -2.38. The van der Waals surface area contributed by atoms with Gasteiger partial charge in [0.1, 0.15) is 0 Å². The molecule has 0 atom stereocenters. The third kappa shape index (κ3) is 4.87. The highest BCUT2D eigenvalue weighted by Gasteiger charge is 2.28. The van der Waals surface area contributed by atoms with Crippen LogP contribution in [0.25, 0.3) is 0 Å². The second-order valence-corrected chi connectivity index (χ2v) is 8.78. The van der Waals surface area contributed by atoms with E-state index in [1.807, 2.05) is 18.2 Å². The van der Waals surface area contributed by atoms with Gasteiger partial charge in [-0.25, -0.2) is 13.2 Å². The molecule has 1 saturated carbocycles. The van der Waals surface area contributed by atoms with E-state index in [1.54, 1.807) is 31.3 Å². The normalized spacial score (nSPS) is 15.5. The summed E-state index contributed by atoms with van der Waals surface area (Å²) in [5, 5.41) is 5.42. The Kier molecular flexibility index (Phi) is 6.13. The van der Waals surface area contributed by atoms with Crippen molar-refractivity contribution >= 4 is 27.4 Å². The van der Waals surface area contributed by atoms with Gasteiger partial charge in [-0.3, -0.25) is 0 Å². The van der Waals surface area contributed by atoms with E-state index < -0.39 is 10.0 Å². The highest BCUT2D eigenvalue weighted by molar-refractivity contribution is 7.89. The maximum Gasteiger partial charge on any atom is 0.323 e. The Labute approximate surface area is 160 Å². The van der Waals surface area contributed by atoms with Crippen molar-refractivity contribution in [1.29, 1.82) is 0 Å². The van der Waals surface area contributed by atoms with E-state index in [-0.39, 0.29) is 17.0 Å². The van der Waals surface area contributed by atoms with Gasteiger partial charge in [-0.15, -0.1) is 0 Å². The van der Waals surface area contributed by atoms with Gasteiger partial charge in [0.25, 0.3) is 0 Å². The van der Waals surface area contributed by atoms with Gasteiger partial charge >= 0.3 is 6.03 Å². The van der Waals surface area contributed by atoms with E-state index >= 15 is 0 Å². The number of sulfonamides is 1. The molecule has 2 aromatic rings. The van der Waals surface area contributed by atoms with Gasteiger partial charge in [-0.2, -0.15) is 4.31 Å². The number of benzene rings is 2. The molecule has 0 radical (unpaired) electrons. The molecule has 2 amide bonds. The molecule has 0 aliphatic heterocycles. The number of carbonyl (C=O) groups excluding carboxylic acids is 1. The number of anilines is 2. The molecule has 7 heteroatoms. The van der Waals surface area contributed by atoms with Crippen molar-refractivity contribution in [1.82, 2.24) is 4.31 Å². The standard InChI is InChI=1S/C20H25N3O3S/c1-23(18-10-6-3-7-11-18)27(25,26)19-14-12-17(13-15-19)22-20(24)21-16-8-4-2-5-9-16/h2,4-5,8-9,12-15,18H,3,6-7,10-11H2,1H3,(H2,21,22,24). The van der Waals surface area contributed by atoms with Crippen molar-refractivity contribution in [3.05, 3.63) is 54.6 Å². The first-order chi connectivity index (χ1) is 13.0. The zero-order valence-corrected chi connectivity index (χ0v) is 16.2. The number of hydrogen-bond donors (Lipinski definition) is 2. The van der Waals surface area contributed by atoms with E-state index in [9.17, 15) is 13.2 Å². The summed E-state index contributed by atoms with van der Waals surface area (Å²) in [6.45, 7) is 0. The molecule has 1 aliphatic carbocycles. The fraction of sp³-hybridized carbons (Fsp3) is 0.350. The van der Waals surface area contributed by atoms with E-state index in [1.165, 1.54) is 22.9 Å². The Morgan fingerprint density at radius 3 is 2.04 bits per heavy atom. The monoisotopic (exact) mass is 387 g/mol. The molecule has 1 fully saturated rings. The molecular formula is C20H25N3O3S. The van der Waals surface area contributed by atoms with Crippen molar-refractivity contribution < 1.29 is 13.2 Å². The van der Waals surface area contributed by atoms with Gasteiger partial charge in [-0.1, -0.05) is 37.5 Å². The summed E-state index contributed by atoms with van der Waals surface area (Å²) < 4.78 is 27.2. The second kappa shape index (κ2) is 8.54. The lowest BCUT2D eigenvalue weighted by Gasteiger charge is -2.30. The minimum Gasteiger partial charge on any atom is -0.308 e. The molecule has 0 bridgehead atoms. The first-order valence-corrected chi connectivity index (χ1v) is 10.6. The first kappa shape index (κ1) is 19.4. The van der Waals surface area contributed by atoms with E-state index in [0.717, 1.165) is 25.7 Å². The average Bonchev–Trinajstić information content (AvgIpc) is 2.69. The number of para-hydroxylation sites is 1. The Balaban J connectivity index is 1.64. The van der Waals surface area contributed by atoms with Crippen molar-refractivity contribution in [3.63, 3.8) is 0 Å². The molecule has 1 aliphatic rings. The van der Waals surface area contributed by atoms with Gasteiger partial charge in [0.2, 0.25) is 10.0 Å². The second-order valence-electron chi connectivity index (χ2n) is 6.78. The van der Waals surface area contributed by atoms with Crippen LogP contribution in [0.4, 0.5) is 16.2 Å². The van der Waals surface area contributed by atoms with Crippen LogP contribution in [-0.2, 0) is 10.0 Å². The first-order valence-electron chi connectivity index (χ1n) is 9.18. The lowest BCUT2D eigenvalue weighted by Crippen LogP contribution is -2.38. The largest absolute Gasteiger partial charge is 0.323 e. The fourth-order valence-corrected chi connectivity index (χ4v) is 4.75. The van der Waals surface area contributed by atoms with Crippen LogP contribution in [-0.4, -0.2) is 31.8 Å². The smallest absolute Gasteiger partial charge is 0.308 e. The Morgan fingerprint density at radius 1 is 0.889 bits per heavy atom. The summed E-state index contributed by atoms with van der Waals surface area (Å²) in [6.07, 6.45) is 5.15. The highest BCUT2D eigenvalue weighted by Crippen LogP contribution is 2.27. The number of rotatable bonds is 5. The van der Waals surface area contributed by atoms with Crippen LogP contribution in [0, 0.1) is 0 Å². The van der Waals surface area contributed by atoms with Gasteiger partial charge in [0, 0.05) is 24.5 Å². The Morgan fingerprint density at radius 2 is 1.44 bits per heavy atom. The number of carbonyl (C=O) groups is 1. The lowest BCUT2D eigenvalue weighted by atomic mass is 9.96. The molecule has 2 aromatic carbocycles. The predicted molar refractivity (Wildman–Crippen MR) is 107 cm³/mol. The van der Waals surface area contributed by atoms with Gasteiger partial charge in [0.05, 0.1) is 4.90 Å². The molecule has 144 valence electrons. The summed E-state index contributed by atoms with van der Waals surface area (Å²) in [7, 11) is -1.87. The summed E-state index contributed by atoms with van der Waals surface area (Å²) in [6, 6.07) is 15.1. The van der Waals surface area contributed by atoms with Crippen molar-refractivity contribution in [2.45, 2.75) is 43.0 Å². The molecule has 27 heavy (non-hydrogen) atoms. The number of nitrogens with one attached hydrogen (secondary N) is 2. The van der Waals surface area contributed by atoms with Crippen LogP contribution >= 0.6 is 0 Å². The molecule has 0 spiro atoms. The highest BCUT2D eigenvalue weighted by atomic mass is 32.2. The predicted octanol–water partition coefficient (Wildman–Crippen LogP) is 4.28. The van der Waals surface area contributed by atoms with Crippen molar-refractivity contribution in [3.8, 4) is 0 Å². The van der Waals surface area contributed by atoms with Crippen LogP contribution in [0.1, 0.15) is 32.1 Å². The van der Waals surface area contributed by atoms with E-state index in [4.69, 9.17) is 0 Å². The van der Waals surface area contributed by atoms with Crippen LogP contribution in [0.3, 0.4) is 0 Å². The topological polar surface area (TPSA) is 78.5 Å². The van der Waals surface area contributed by atoms with E-state index in [2.05, 4.69) is 10.6 Å². The van der Waals surface area contributed by atoms with Gasteiger partial charge in [-0.05, 0) is 49.2 Å². The molecule has 2 N–H and O–H groups in total. The molecule has 6 nitrogen and oxygen atoms in total. The molecule has 0 heterocycles. The van der Waals surface area contributed by atoms with Crippen LogP contribution in [0.15, 0.2) is 59.5 Å². The summed E-state index contributed by atoms with van der Waals surface area (Å²) in [4.78, 5) is 12.3. The van der Waals surface area contributed by atoms with Crippen LogP contribution in [0.2, 0.25) is 0 Å². The van der Waals surface area contributed by atoms with Gasteiger partial charge < -0.3 is 10.6 Å².